The summed E-state index contributed by atoms with van der Waals surface area (Å²) < 4.78 is 6.55. The van der Waals surface area contributed by atoms with E-state index in [1.807, 2.05) is 18.2 Å². The van der Waals surface area contributed by atoms with Crippen LogP contribution in [0.3, 0.4) is 0 Å². The number of hydrogen-bond acceptors (Lipinski definition) is 2. The minimum atomic E-state index is -1.63. The van der Waals surface area contributed by atoms with Gasteiger partial charge in [-0.1, -0.05) is 38.4 Å². The molecule has 0 heterocycles. The lowest BCUT2D eigenvalue weighted by Crippen LogP contribution is -2.45. The molecule has 22 heavy (non-hydrogen) atoms. The fraction of sp³-hybridized carbons (Fsp3) is 0.667. The minimum Gasteiger partial charge on any atom is -0.414 e. The highest BCUT2D eigenvalue weighted by Gasteiger charge is 2.39. The van der Waals surface area contributed by atoms with Crippen molar-refractivity contribution in [2.24, 2.45) is 0 Å². The molecule has 0 saturated heterocycles. The van der Waals surface area contributed by atoms with Crippen molar-refractivity contribution in [3.63, 3.8) is 0 Å². The average molecular weight is 340 g/mol. The molecule has 0 aromatic heterocycles. The van der Waals surface area contributed by atoms with Crippen molar-refractivity contribution in [2.75, 3.05) is 5.32 Å². The van der Waals surface area contributed by atoms with E-state index in [-0.39, 0.29) is 0 Å². The number of hydrogen-bond donors (Lipinski definition) is 1. The Hall–Kier alpha value is -0.513. The zero-order valence-electron chi connectivity index (χ0n) is 14.6. The largest absolute Gasteiger partial charge is 0.414 e. The van der Waals surface area contributed by atoms with Crippen LogP contribution in [0, 0.1) is 0 Å². The molecular formula is C18H30ClNOSi. The molecule has 1 saturated carbocycles. The lowest BCUT2D eigenvalue weighted by molar-refractivity contribution is 0.133. The van der Waals surface area contributed by atoms with E-state index in [9.17, 15) is 0 Å². The van der Waals surface area contributed by atoms with Crippen LogP contribution in [0.5, 0.6) is 0 Å². The van der Waals surface area contributed by atoms with Gasteiger partial charge in [0.15, 0.2) is 8.32 Å². The monoisotopic (exact) mass is 339 g/mol. The lowest BCUT2D eigenvalue weighted by atomic mass is 9.93. The summed E-state index contributed by atoms with van der Waals surface area (Å²) in [6.45, 7) is 11.6. The first-order chi connectivity index (χ1) is 10.2. The van der Waals surface area contributed by atoms with Crippen molar-refractivity contribution in [3.8, 4) is 0 Å². The number of anilines is 1. The van der Waals surface area contributed by atoms with Crippen molar-refractivity contribution >= 4 is 25.6 Å². The minimum absolute atomic E-state index is 0.295. The molecule has 0 radical (unpaired) electrons. The van der Waals surface area contributed by atoms with Crippen LogP contribution in [0.25, 0.3) is 0 Å². The first-order valence-electron chi connectivity index (χ1n) is 8.37. The molecule has 1 fully saturated rings. The van der Waals surface area contributed by atoms with Crippen LogP contribution in [0.15, 0.2) is 24.3 Å². The van der Waals surface area contributed by atoms with Gasteiger partial charge in [-0.05, 0) is 62.0 Å². The second-order valence-corrected chi connectivity index (χ2v) is 13.2. The van der Waals surface area contributed by atoms with Crippen LogP contribution in [-0.2, 0) is 4.43 Å². The van der Waals surface area contributed by atoms with Crippen LogP contribution in [0.2, 0.25) is 23.2 Å². The Labute approximate surface area is 141 Å². The summed E-state index contributed by atoms with van der Waals surface area (Å²) in [5.41, 5.74) is 1.13. The molecular weight excluding hydrogens is 310 g/mol. The Morgan fingerprint density at radius 1 is 1.14 bits per heavy atom. The van der Waals surface area contributed by atoms with E-state index in [1.54, 1.807) is 0 Å². The molecule has 0 atom stereocenters. The molecule has 4 heteroatoms. The van der Waals surface area contributed by atoms with Crippen molar-refractivity contribution in [1.82, 2.24) is 0 Å². The molecule has 0 bridgehead atoms. The molecule has 0 unspecified atom stereocenters. The van der Waals surface area contributed by atoms with Crippen molar-refractivity contribution < 1.29 is 4.43 Å². The van der Waals surface area contributed by atoms with Crippen LogP contribution in [0.4, 0.5) is 5.69 Å². The second kappa shape index (κ2) is 6.94. The topological polar surface area (TPSA) is 21.3 Å². The van der Waals surface area contributed by atoms with Crippen molar-refractivity contribution in [2.45, 2.75) is 76.7 Å². The van der Waals surface area contributed by atoms with Gasteiger partial charge in [0.2, 0.25) is 0 Å². The van der Waals surface area contributed by atoms with Gasteiger partial charge < -0.3 is 9.74 Å². The molecule has 1 N–H and O–H groups in total. The molecule has 2 nitrogen and oxygen atoms in total. The maximum atomic E-state index is 6.55. The summed E-state index contributed by atoms with van der Waals surface area (Å²) in [6.07, 6.45) is 5.10. The second-order valence-electron chi connectivity index (χ2n) is 8.01. The Bertz CT molecular complexity index is 490. The maximum Gasteiger partial charge on any atom is 0.192 e. The highest BCUT2D eigenvalue weighted by atomic mass is 35.5. The summed E-state index contributed by atoms with van der Waals surface area (Å²) in [4.78, 5) is 0. The average Bonchev–Trinajstić information content (AvgIpc) is 2.39. The van der Waals surface area contributed by atoms with Gasteiger partial charge in [0.25, 0.3) is 0 Å². The molecule has 124 valence electrons. The molecule has 1 aliphatic carbocycles. The van der Waals surface area contributed by atoms with E-state index in [1.165, 1.54) is 12.8 Å². The quantitative estimate of drug-likeness (QED) is 0.670. The molecule has 2 rings (SSSR count). The molecule has 0 aliphatic heterocycles. The Kier molecular flexibility index (Phi) is 5.62. The van der Waals surface area contributed by atoms with Gasteiger partial charge in [-0.25, -0.2) is 0 Å². The van der Waals surface area contributed by atoms with Crippen molar-refractivity contribution in [3.05, 3.63) is 29.3 Å². The third kappa shape index (κ3) is 4.74. The van der Waals surface area contributed by atoms with Crippen LogP contribution in [0.1, 0.15) is 46.5 Å². The lowest BCUT2D eigenvalue weighted by Gasteiger charge is -2.41. The third-order valence-corrected chi connectivity index (χ3v) is 9.91. The molecule has 0 amide bonds. The van der Waals surface area contributed by atoms with E-state index in [0.29, 0.717) is 17.2 Å². The first kappa shape index (κ1) is 17.8. The van der Waals surface area contributed by atoms with E-state index in [0.717, 1.165) is 23.6 Å². The predicted molar refractivity (Wildman–Crippen MR) is 99.4 cm³/mol. The van der Waals surface area contributed by atoms with Gasteiger partial charge in [0.1, 0.15) is 0 Å². The summed E-state index contributed by atoms with van der Waals surface area (Å²) in [5, 5.41) is 4.69. The maximum absolute atomic E-state index is 6.55. The Balaban J connectivity index is 1.83. The van der Waals surface area contributed by atoms with Gasteiger partial charge in [0, 0.05) is 22.9 Å². The third-order valence-electron chi connectivity index (χ3n) is 5.14. The van der Waals surface area contributed by atoms with Gasteiger partial charge in [-0.3, -0.25) is 0 Å². The Morgan fingerprint density at radius 3 is 2.32 bits per heavy atom. The predicted octanol–water partition coefficient (Wildman–Crippen LogP) is 6.08. The molecule has 1 aliphatic rings. The summed E-state index contributed by atoms with van der Waals surface area (Å²) in [7, 11) is -1.63. The molecule has 1 aromatic carbocycles. The summed E-state index contributed by atoms with van der Waals surface area (Å²) in [6, 6.07) is 8.54. The highest BCUT2D eigenvalue weighted by Crippen LogP contribution is 2.39. The fourth-order valence-electron chi connectivity index (χ4n) is 2.73. The van der Waals surface area contributed by atoms with Crippen LogP contribution >= 0.6 is 11.6 Å². The molecule has 0 spiro atoms. The van der Waals surface area contributed by atoms with Gasteiger partial charge >= 0.3 is 0 Å². The highest BCUT2D eigenvalue weighted by molar-refractivity contribution is 6.74. The van der Waals surface area contributed by atoms with Gasteiger partial charge in [-0.15, -0.1) is 0 Å². The van der Waals surface area contributed by atoms with E-state index >= 15 is 0 Å². The zero-order valence-corrected chi connectivity index (χ0v) is 16.3. The number of benzene rings is 1. The van der Waals surface area contributed by atoms with Crippen molar-refractivity contribution in [1.29, 1.82) is 0 Å². The Morgan fingerprint density at radius 2 is 1.77 bits per heavy atom. The number of nitrogens with one attached hydrogen (secondary N) is 1. The van der Waals surface area contributed by atoms with E-state index in [4.69, 9.17) is 16.0 Å². The number of halogens is 1. The van der Waals surface area contributed by atoms with Crippen LogP contribution < -0.4 is 5.32 Å². The summed E-state index contributed by atoms with van der Waals surface area (Å²) >= 11 is 6.05. The van der Waals surface area contributed by atoms with E-state index in [2.05, 4.69) is 45.2 Å². The first-order valence-corrected chi connectivity index (χ1v) is 11.7. The molecule has 1 aromatic rings. The SMILES string of the molecule is CC(C)(C)[Si](C)(C)OC1CCC(Nc2cccc(Cl)c2)CC1. The van der Waals surface area contributed by atoms with Gasteiger partial charge in [0.05, 0.1) is 0 Å². The standard InChI is InChI=1S/C18H30ClNOSi/c1-18(2,3)22(4,5)21-17-11-9-15(10-12-17)20-16-8-6-7-14(19)13-16/h6-8,13,15,17,20H,9-12H2,1-5H3. The zero-order chi connectivity index (χ0) is 16.4. The van der Waals surface area contributed by atoms with E-state index < -0.39 is 8.32 Å². The summed E-state index contributed by atoms with van der Waals surface area (Å²) in [5.74, 6) is 0. The van der Waals surface area contributed by atoms with Gasteiger partial charge in [-0.2, -0.15) is 0 Å². The fourth-order valence-corrected chi connectivity index (χ4v) is 4.35. The normalized spacial score (nSPS) is 23.4. The smallest absolute Gasteiger partial charge is 0.192 e. The number of rotatable bonds is 4. The van der Waals surface area contributed by atoms with Crippen LogP contribution in [-0.4, -0.2) is 20.5 Å².